The van der Waals surface area contributed by atoms with E-state index in [1.807, 2.05) is 30.8 Å². The summed E-state index contributed by atoms with van der Waals surface area (Å²) in [7, 11) is 1.95. The molecule has 0 saturated carbocycles. The molecule has 2 aromatic rings. The number of rotatable bonds is 4. The number of furan rings is 1. The molecule has 0 unspecified atom stereocenters. The third kappa shape index (κ3) is 2.48. The van der Waals surface area contributed by atoms with Crippen LogP contribution in [-0.4, -0.2) is 15.8 Å². The lowest BCUT2D eigenvalue weighted by Gasteiger charge is -2.05. The second kappa shape index (κ2) is 4.98. The van der Waals surface area contributed by atoms with Crippen molar-refractivity contribution >= 4 is 0 Å². The minimum atomic E-state index is 0.459. The standard InChI is InChI=1S/C14H21N3O/c1-9(2)15-8-12-6-7-13(18-12)14-10(3)16-17(5)11(14)4/h6-7,9,15H,8H2,1-5H3. The molecule has 0 aromatic carbocycles. The summed E-state index contributed by atoms with van der Waals surface area (Å²) in [5.41, 5.74) is 3.24. The Labute approximate surface area is 108 Å². The summed E-state index contributed by atoms with van der Waals surface area (Å²) in [6, 6.07) is 4.51. The molecule has 0 saturated heterocycles. The SMILES string of the molecule is Cc1nn(C)c(C)c1-c1ccc(CNC(C)C)o1. The molecule has 2 heterocycles. The fraction of sp³-hybridized carbons (Fsp3) is 0.500. The van der Waals surface area contributed by atoms with E-state index in [0.717, 1.165) is 35.0 Å². The number of aryl methyl sites for hydroxylation is 2. The van der Waals surface area contributed by atoms with Crippen LogP contribution in [0.2, 0.25) is 0 Å². The van der Waals surface area contributed by atoms with Crippen molar-refractivity contribution in [3.8, 4) is 11.3 Å². The first-order valence-electron chi connectivity index (χ1n) is 6.31. The highest BCUT2D eigenvalue weighted by molar-refractivity contribution is 5.63. The van der Waals surface area contributed by atoms with Crippen molar-refractivity contribution in [1.29, 1.82) is 0 Å². The quantitative estimate of drug-likeness (QED) is 0.903. The van der Waals surface area contributed by atoms with Gasteiger partial charge in [-0.1, -0.05) is 13.8 Å². The largest absolute Gasteiger partial charge is 0.460 e. The van der Waals surface area contributed by atoms with Crippen molar-refractivity contribution in [3.05, 3.63) is 29.3 Å². The van der Waals surface area contributed by atoms with Gasteiger partial charge in [-0.2, -0.15) is 5.10 Å². The molecule has 0 spiro atoms. The maximum Gasteiger partial charge on any atom is 0.138 e. The van der Waals surface area contributed by atoms with Gasteiger partial charge < -0.3 is 9.73 Å². The smallest absolute Gasteiger partial charge is 0.138 e. The molecular weight excluding hydrogens is 226 g/mol. The average molecular weight is 247 g/mol. The van der Waals surface area contributed by atoms with Gasteiger partial charge in [0.25, 0.3) is 0 Å². The average Bonchev–Trinajstić information content (AvgIpc) is 2.83. The minimum Gasteiger partial charge on any atom is -0.460 e. The maximum atomic E-state index is 5.88. The lowest BCUT2D eigenvalue weighted by molar-refractivity contribution is 0.473. The molecule has 0 radical (unpaired) electrons. The summed E-state index contributed by atoms with van der Waals surface area (Å²) in [5, 5.41) is 7.76. The lowest BCUT2D eigenvalue weighted by Crippen LogP contribution is -2.21. The first kappa shape index (κ1) is 12.9. The molecule has 0 aliphatic rings. The molecule has 4 nitrogen and oxygen atoms in total. The maximum absolute atomic E-state index is 5.88. The molecule has 0 aliphatic carbocycles. The molecule has 0 amide bonds. The number of aromatic nitrogens is 2. The van der Waals surface area contributed by atoms with Crippen LogP contribution < -0.4 is 5.32 Å². The van der Waals surface area contributed by atoms with Gasteiger partial charge in [-0.15, -0.1) is 0 Å². The second-order valence-electron chi connectivity index (χ2n) is 4.97. The Morgan fingerprint density at radius 1 is 1.33 bits per heavy atom. The minimum absolute atomic E-state index is 0.459. The molecule has 0 atom stereocenters. The normalized spacial score (nSPS) is 11.4. The summed E-state index contributed by atoms with van der Waals surface area (Å²) >= 11 is 0. The Morgan fingerprint density at radius 3 is 2.61 bits per heavy atom. The monoisotopic (exact) mass is 247 g/mol. The molecule has 18 heavy (non-hydrogen) atoms. The topological polar surface area (TPSA) is 43.0 Å². The van der Waals surface area contributed by atoms with Crippen molar-refractivity contribution in [3.63, 3.8) is 0 Å². The highest BCUT2D eigenvalue weighted by atomic mass is 16.3. The van der Waals surface area contributed by atoms with E-state index in [9.17, 15) is 0 Å². The number of nitrogens with one attached hydrogen (secondary N) is 1. The summed E-state index contributed by atoms with van der Waals surface area (Å²) < 4.78 is 7.77. The van der Waals surface area contributed by atoms with E-state index in [1.165, 1.54) is 0 Å². The van der Waals surface area contributed by atoms with Gasteiger partial charge >= 0.3 is 0 Å². The molecule has 2 aromatic heterocycles. The number of nitrogens with zero attached hydrogens (tertiary/aromatic N) is 2. The van der Waals surface area contributed by atoms with Crippen molar-refractivity contribution in [2.75, 3.05) is 0 Å². The summed E-state index contributed by atoms with van der Waals surface area (Å²) in [4.78, 5) is 0. The van der Waals surface area contributed by atoms with E-state index in [-0.39, 0.29) is 0 Å². The van der Waals surface area contributed by atoms with Gasteiger partial charge in [0.2, 0.25) is 0 Å². The van der Waals surface area contributed by atoms with Crippen LogP contribution in [0.15, 0.2) is 16.5 Å². The van der Waals surface area contributed by atoms with Crippen LogP contribution in [0.3, 0.4) is 0 Å². The van der Waals surface area contributed by atoms with Crippen LogP contribution in [0.1, 0.15) is 31.0 Å². The fourth-order valence-corrected chi connectivity index (χ4v) is 2.04. The second-order valence-corrected chi connectivity index (χ2v) is 4.97. The van der Waals surface area contributed by atoms with E-state index in [4.69, 9.17) is 4.42 Å². The van der Waals surface area contributed by atoms with Crippen molar-refractivity contribution < 1.29 is 4.42 Å². The van der Waals surface area contributed by atoms with E-state index in [2.05, 4.69) is 31.2 Å². The van der Waals surface area contributed by atoms with Gasteiger partial charge in [-0.3, -0.25) is 4.68 Å². The predicted octanol–water partition coefficient (Wildman–Crippen LogP) is 2.79. The third-order valence-electron chi connectivity index (χ3n) is 3.10. The van der Waals surface area contributed by atoms with Crippen LogP contribution >= 0.6 is 0 Å². The molecule has 0 bridgehead atoms. The van der Waals surface area contributed by atoms with E-state index in [1.54, 1.807) is 0 Å². The molecule has 0 aliphatic heterocycles. The van der Waals surface area contributed by atoms with Gasteiger partial charge in [0.15, 0.2) is 0 Å². The lowest BCUT2D eigenvalue weighted by atomic mass is 10.1. The van der Waals surface area contributed by atoms with Gasteiger partial charge in [-0.25, -0.2) is 0 Å². The fourth-order valence-electron chi connectivity index (χ4n) is 2.04. The van der Waals surface area contributed by atoms with Gasteiger partial charge in [0.05, 0.1) is 17.8 Å². The van der Waals surface area contributed by atoms with Crippen LogP contribution in [0.5, 0.6) is 0 Å². The van der Waals surface area contributed by atoms with Crippen LogP contribution in [0.25, 0.3) is 11.3 Å². The van der Waals surface area contributed by atoms with Crippen molar-refractivity contribution in [2.45, 2.75) is 40.3 Å². The summed E-state index contributed by atoms with van der Waals surface area (Å²) in [5.74, 6) is 1.86. The predicted molar refractivity (Wildman–Crippen MR) is 72.4 cm³/mol. The Balaban J connectivity index is 2.24. The summed E-state index contributed by atoms with van der Waals surface area (Å²) in [6.45, 7) is 9.08. The zero-order valence-electron chi connectivity index (χ0n) is 11.7. The van der Waals surface area contributed by atoms with Crippen LogP contribution in [-0.2, 0) is 13.6 Å². The zero-order chi connectivity index (χ0) is 13.3. The molecule has 0 fully saturated rings. The molecule has 2 rings (SSSR count). The number of hydrogen-bond donors (Lipinski definition) is 1. The van der Waals surface area contributed by atoms with Gasteiger partial charge in [0.1, 0.15) is 11.5 Å². The molecule has 98 valence electrons. The Hall–Kier alpha value is -1.55. The van der Waals surface area contributed by atoms with E-state index < -0.39 is 0 Å². The highest BCUT2D eigenvalue weighted by Crippen LogP contribution is 2.28. The molecular formula is C14H21N3O. The van der Waals surface area contributed by atoms with Crippen molar-refractivity contribution in [2.24, 2.45) is 7.05 Å². The third-order valence-corrected chi connectivity index (χ3v) is 3.10. The first-order valence-corrected chi connectivity index (χ1v) is 6.31. The van der Waals surface area contributed by atoms with Crippen LogP contribution in [0, 0.1) is 13.8 Å². The Kier molecular flexibility index (Phi) is 3.57. The zero-order valence-corrected chi connectivity index (χ0v) is 11.7. The van der Waals surface area contributed by atoms with E-state index >= 15 is 0 Å². The Bertz CT molecular complexity index is 537. The van der Waals surface area contributed by atoms with Crippen LogP contribution in [0.4, 0.5) is 0 Å². The highest BCUT2D eigenvalue weighted by Gasteiger charge is 2.15. The van der Waals surface area contributed by atoms with Crippen molar-refractivity contribution in [1.82, 2.24) is 15.1 Å². The van der Waals surface area contributed by atoms with E-state index in [0.29, 0.717) is 6.04 Å². The van der Waals surface area contributed by atoms with Gasteiger partial charge in [0, 0.05) is 18.8 Å². The Morgan fingerprint density at radius 2 is 2.06 bits per heavy atom. The first-order chi connectivity index (χ1) is 8.49. The summed E-state index contributed by atoms with van der Waals surface area (Å²) in [6.07, 6.45) is 0. The molecule has 4 heteroatoms. The van der Waals surface area contributed by atoms with Gasteiger partial charge in [-0.05, 0) is 26.0 Å². The number of hydrogen-bond acceptors (Lipinski definition) is 3. The molecule has 1 N–H and O–H groups in total.